The SMILES string of the molecule is OCC(CCC1(O)OCCN(Cc2ccccc2)C1c1ccc(F)cc1)c1ccccc1C(F)(F)F. The molecule has 1 aliphatic heterocycles. The van der Waals surface area contributed by atoms with Gasteiger partial charge in [0, 0.05) is 32.0 Å². The van der Waals surface area contributed by atoms with Gasteiger partial charge < -0.3 is 14.9 Å². The van der Waals surface area contributed by atoms with Crippen molar-refractivity contribution in [2.45, 2.75) is 43.3 Å². The van der Waals surface area contributed by atoms with Gasteiger partial charge in [-0.25, -0.2) is 4.39 Å². The first-order valence-corrected chi connectivity index (χ1v) is 11.9. The Morgan fingerprint density at radius 3 is 2.31 bits per heavy atom. The van der Waals surface area contributed by atoms with Crippen LogP contribution in [0.1, 0.15) is 47.1 Å². The lowest BCUT2D eigenvalue weighted by atomic mass is 9.85. The largest absolute Gasteiger partial charge is 0.416 e. The molecular formula is C28H29F4NO3. The minimum absolute atomic E-state index is 0.0219. The van der Waals surface area contributed by atoms with Crippen LogP contribution in [0.3, 0.4) is 0 Å². The van der Waals surface area contributed by atoms with Gasteiger partial charge in [-0.15, -0.1) is 0 Å². The van der Waals surface area contributed by atoms with Crippen molar-refractivity contribution in [1.82, 2.24) is 4.90 Å². The Bertz CT molecular complexity index is 1120. The number of ether oxygens (including phenoxy) is 1. The molecule has 36 heavy (non-hydrogen) atoms. The Balaban J connectivity index is 1.63. The molecule has 2 N–H and O–H groups in total. The van der Waals surface area contributed by atoms with Gasteiger partial charge in [-0.1, -0.05) is 60.7 Å². The molecule has 4 nitrogen and oxygen atoms in total. The highest BCUT2D eigenvalue weighted by Gasteiger charge is 2.46. The Morgan fingerprint density at radius 2 is 1.64 bits per heavy atom. The van der Waals surface area contributed by atoms with Gasteiger partial charge >= 0.3 is 6.18 Å². The second kappa shape index (κ2) is 11.1. The summed E-state index contributed by atoms with van der Waals surface area (Å²) in [7, 11) is 0. The molecule has 3 aromatic carbocycles. The molecule has 0 bridgehead atoms. The van der Waals surface area contributed by atoms with Crippen LogP contribution in [-0.2, 0) is 17.5 Å². The third-order valence-corrected chi connectivity index (χ3v) is 6.71. The van der Waals surface area contributed by atoms with Crippen LogP contribution in [0.4, 0.5) is 17.6 Å². The summed E-state index contributed by atoms with van der Waals surface area (Å²) in [6.45, 7) is 0.691. The summed E-state index contributed by atoms with van der Waals surface area (Å²) < 4.78 is 60.4. The summed E-state index contributed by atoms with van der Waals surface area (Å²) in [5, 5.41) is 21.8. The zero-order chi connectivity index (χ0) is 25.8. The van der Waals surface area contributed by atoms with Gasteiger partial charge in [0.15, 0.2) is 5.79 Å². The van der Waals surface area contributed by atoms with Crippen molar-refractivity contribution in [2.75, 3.05) is 19.8 Å². The molecular weight excluding hydrogens is 474 g/mol. The van der Waals surface area contributed by atoms with Gasteiger partial charge in [-0.05, 0) is 41.3 Å². The van der Waals surface area contributed by atoms with Gasteiger partial charge in [-0.2, -0.15) is 13.2 Å². The van der Waals surface area contributed by atoms with Crippen LogP contribution in [0.2, 0.25) is 0 Å². The van der Waals surface area contributed by atoms with E-state index in [4.69, 9.17) is 4.74 Å². The Labute approximate surface area is 207 Å². The monoisotopic (exact) mass is 503 g/mol. The van der Waals surface area contributed by atoms with Crippen molar-refractivity contribution in [3.05, 3.63) is 107 Å². The van der Waals surface area contributed by atoms with Crippen LogP contribution in [-0.4, -0.2) is 40.7 Å². The average Bonchev–Trinajstić information content (AvgIpc) is 2.86. The fourth-order valence-electron chi connectivity index (χ4n) is 4.98. The number of aliphatic hydroxyl groups excluding tert-OH is 1. The maximum absolute atomic E-state index is 13.7. The van der Waals surface area contributed by atoms with Gasteiger partial charge in [-0.3, -0.25) is 4.90 Å². The van der Waals surface area contributed by atoms with Crippen molar-refractivity contribution in [3.8, 4) is 0 Å². The predicted octanol–water partition coefficient (Wildman–Crippen LogP) is 5.66. The van der Waals surface area contributed by atoms with Gasteiger partial charge in [0.05, 0.1) is 18.2 Å². The van der Waals surface area contributed by atoms with E-state index >= 15 is 0 Å². The normalized spacial score (nSPS) is 21.9. The number of rotatable bonds is 8. The molecule has 0 aliphatic carbocycles. The van der Waals surface area contributed by atoms with Gasteiger partial charge in [0.1, 0.15) is 5.82 Å². The third-order valence-electron chi connectivity index (χ3n) is 6.71. The lowest BCUT2D eigenvalue weighted by Crippen LogP contribution is -2.54. The van der Waals surface area contributed by atoms with Crippen LogP contribution in [0.25, 0.3) is 0 Å². The minimum atomic E-state index is -4.56. The van der Waals surface area contributed by atoms with E-state index in [9.17, 15) is 27.8 Å². The summed E-state index contributed by atoms with van der Waals surface area (Å²) >= 11 is 0. The number of hydrogen-bond acceptors (Lipinski definition) is 4. The van der Waals surface area contributed by atoms with Crippen LogP contribution in [0.15, 0.2) is 78.9 Å². The molecule has 192 valence electrons. The molecule has 0 radical (unpaired) electrons. The van der Waals surface area contributed by atoms with Crippen molar-refractivity contribution < 1.29 is 32.5 Å². The number of halogens is 4. The zero-order valence-electron chi connectivity index (χ0n) is 19.7. The Hall–Kier alpha value is -2.78. The Kier molecular flexibility index (Phi) is 8.10. The molecule has 1 aliphatic rings. The summed E-state index contributed by atoms with van der Waals surface area (Å²) in [5.74, 6) is -3.03. The lowest BCUT2D eigenvalue weighted by molar-refractivity contribution is -0.277. The van der Waals surface area contributed by atoms with E-state index in [1.54, 1.807) is 12.1 Å². The molecule has 0 saturated carbocycles. The van der Waals surface area contributed by atoms with E-state index in [2.05, 4.69) is 0 Å². The smallest absolute Gasteiger partial charge is 0.396 e. The highest BCUT2D eigenvalue weighted by molar-refractivity contribution is 5.33. The molecule has 1 heterocycles. The molecule has 3 aromatic rings. The van der Waals surface area contributed by atoms with Gasteiger partial charge in [0.2, 0.25) is 0 Å². The summed E-state index contributed by atoms with van der Waals surface area (Å²) in [6.07, 6.45) is -4.54. The van der Waals surface area contributed by atoms with Crippen LogP contribution in [0, 0.1) is 5.82 Å². The number of nitrogens with zero attached hydrogens (tertiary/aromatic N) is 1. The Morgan fingerprint density at radius 1 is 0.972 bits per heavy atom. The van der Waals surface area contributed by atoms with Gasteiger partial charge in [0.25, 0.3) is 0 Å². The number of benzene rings is 3. The summed E-state index contributed by atoms with van der Waals surface area (Å²) in [5.41, 5.74) is 0.819. The average molecular weight is 504 g/mol. The van der Waals surface area contributed by atoms with Crippen LogP contribution < -0.4 is 0 Å². The summed E-state index contributed by atoms with van der Waals surface area (Å²) in [6, 6.07) is 19.9. The van der Waals surface area contributed by atoms with E-state index in [-0.39, 0.29) is 25.0 Å². The van der Waals surface area contributed by atoms with Crippen molar-refractivity contribution in [2.24, 2.45) is 0 Å². The standard InChI is InChI=1S/C28H29F4NO3/c29-23-12-10-21(11-13-23)26-27(35,36-17-16-33(26)18-20-6-2-1-3-7-20)15-14-22(19-34)24-8-4-5-9-25(24)28(30,31)32/h1-13,22,26,34-35H,14-19H2. The van der Waals surface area contributed by atoms with E-state index in [0.29, 0.717) is 18.7 Å². The molecule has 0 spiro atoms. The minimum Gasteiger partial charge on any atom is -0.396 e. The van der Waals surface area contributed by atoms with E-state index < -0.39 is 41.9 Å². The quantitative estimate of drug-likeness (QED) is 0.390. The second-order valence-electron chi connectivity index (χ2n) is 9.11. The molecule has 0 amide bonds. The molecule has 4 rings (SSSR count). The molecule has 3 atom stereocenters. The molecule has 8 heteroatoms. The third kappa shape index (κ3) is 5.95. The van der Waals surface area contributed by atoms with Crippen LogP contribution in [0.5, 0.6) is 0 Å². The van der Waals surface area contributed by atoms with Crippen molar-refractivity contribution >= 4 is 0 Å². The molecule has 3 unspecified atom stereocenters. The van der Waals surface area contributed by atoms with E-state index in [0.717, 1.165) is 11.6 Å². The fourth-order valence-corrected chi connectivity index (χ4v) is 4.98. The molecule has 1 saturated heterocycles. The number of morpholine rings is 1. The second-order valence-corrected chi connectivity index (χ2v) is 9.11. The number of alkyl halides is 3. The number of hydrogen-bond donors (Lipinski definition) is 2. The maximum Gasteiger partial charge on any atom is 0.416 e. The maximum atomic E-state index is 13.7. The van der Waals surface area contributed by atoms with E-state index in [1.807, 2.05) is 35.2 Å². The first kappa shape index (κ1) is 26.3. The molecule has 0 aromatic heterocycles. The zero-order valence-corrected chi connectivity index (χ0v) is 19.7. The predicted molar refractivity (Wildman–Crippen MR) is 127 cm³/mol. The fraction of sp³-hybridized carbons (Fsp3) is 0.357. The highest BCUT2D eigenvalue weighted by Crippen LogP contribution is 2.43. The van der Waals surface area contributed by atoms with E-state index in [1.165, 1.54) is 30.3 Å². The lowest BCUT2D eigenvalue weighted by Gasteiger charge is -2.47. The van der Waals surface area contributed by atoms with Crippen LogP contribution >= 0.6 is 0 Å². The first-order chi connectivity index (χ1) is 17.2. The van der Waals surface area contributed by atoms with Crippen molar-refractivity contribution in [3.63, 3.8) is 0 Å². The highest BCUT2D eigenvalue weighted by atomic mass is 19.4. The van der Waals surface area contributed by atoms with Crippen molar-refractivity contribution in [1.29, 1.82) is 0 Å². The summed E-state index contributed by atoms with van der Waals surface area (Å²) in [4.78, 5) is 2.03. The first-order valence-electron chi connectivity index (χ1n) is 11.9. The molecule has 1 fully saturated rings. The topological polar surface area (TPSA) is 52.9 Å². The number of aliphatic hydroxyl groups is 2.